The van der Waals surface area contributed by atoms with Crippen molar-refractivity contribution in [1.29, 1.82) is 0 Å². The van der Waals surface area contributed by atoms with Gasteiger partial charge in [0.15, 0.2) is 0 Å². The van der Waals surface area contributed by atoms with Crippen LogP contribution in [0, 0.1) is 0 Å². The minimum Gasteiger partial charge on any atom is -0.497 e. The molecule has 0 unspecified atom stereocenters. The van der Waals surface area contributed by atoms with Crippen molar-refractivity contribution in [3.63, 3.8) is 0 Å². The van der Waals surface area contributed by atoms with E-state index < -0.39 is 15.9 Å². The Bertz CT molecular complexity index is 907. The van der Waals surface area contributed by atoms with Crippen molar-refractivity contribution in [3.8, 4) is 5.75 Å². The SMILES string of the molecule is COc1ccc(NC(=O)CNC(=O)c2ccc(S(=O)(=O)N(C)C)cc2)cc1. The largest absolute Gasteiger partial charge is 0.497 e. The van der Waals surface area contributed by atoms with Gasteiger partial charge in [0.1, 0.15) is 5.75 Å². The molecule has 2 aromatic carbocycles. The van der Waals surface area contributed by atoms with Gasteiger partial charge in [0.25, 0.3) is 5.91 Å². The molecule has 0 saturated heterocycles. The third-order valence-electron chi connectivity index (χ3n) is 3.68. The predicted molar refractivity (Wildman–Crippen MR) is 101 cm³/mol. The quantitative estimate of drug-likeness (QED) is 0.741. The maximum absolute atomic E-state index is 12.1. The van der Waals surface area contributed by atoms with Crippen molar-refractivity contribution in [2.75, 3.05) is 33.1 Å². The molecule has 2 amide bonds. The number of nitrogens with zero attached hydrogens (tertiary/aromatic N) is 1. The summed E-state index contributed by atoms with van der Waals surface area (Å²) in [5, 5.41) is 5.13. The second kappa shape index (κ2) is 8.65. The van der Waals surface area contributed by atoms with Gasteiger partial charge in [0, 0.05) is 25.3 Å². The lowest BCUT2D eigenvalue weighted by Gasteiger charge is -2.11. The number of carbonyl (C=O) groups is 2. The molecule has 9 heteroatoms. The van der Waals surface area contributed by atoms with Crippen molar-refractivity contribution in [1.82, 2.24) is 9.62 Å². The molecule has 0 saturated carbocycles. The fourth-order valence-electron chi connectivity index (χ4n) is 2.13. The van der Waals surface area contributed by atoms with E-state index in [-0.39, 0.29) is 22.9 Å². The first-order valence-electron chi connectivity index (χ1n) is 7.98. The highest BCUT2D eigenvalue weighted by Gasteiger charge is 2.17. The van der Waals surface area contributed by atoms with Crippen molar-refractivity contribution in [2.45, 2.75) is 4.90 Å². The number of amides is 2. The van der Waals surface area contributed by atoms with E-state index in [2.05, 4.69) is 10.6 Å². The zero-order valence-electron chi connectivity index (χ0n) is 15.2. The van der Waals surface area contributed by atoms with E-state index in [9.17, 15) is 18.0 Å². The number of sulfonamides is 1. The topological polar surface area (TPSA) is 105 Å². The number of rotatable bonds is 7. The van der Waals surface area contributed by atoms with E-state index in [1.165, 1.54) is 38.4 Å². The van der Waals surface area contributed by atoms with E-state index in [1.807, 2.05) is 0 Å². The monoisotopic (exact) mass is 391 g/mol. The van der Waals surface area contributed by atoms with Crippen molar-refractivity contribution in [2.24, 2.45) is 0 Å². The number of carbonyl (C=O) groups excluding carboxylic acids is 2. The molecule has 0 spiro atoms. The van der Waals surface area contributed by atoms with E-state index in [0.717, 1.165) is 4.31 Å². The maximum atomic E-state index is 12.1. The molecule has 0 heterocycles. The Balaban J connectivity index is 1.92. The number of ether oxygens (including phenoxy) is 1. The smallest absolute Gasteiger partial charge is 0.251 e. The summed E-state index contributed by atoms with van der Waals surface area (Å²) >= 11 is 0. The first-order valence-corrected chi connectivity index (χ1v) is 9.42. The van der Waals surface area contributed by atoms with Gasteiger partial charge in [-0.3, -0.25) is 9.59 Å². The van der Waals surface area contributed by atoms with Gasteiger partial charge in [-0.2, -0.15) is 0 Å². The first kappa shape index (κ1) is 20.4. The van der Waals surface area contributed by atoms with E-state index >= 15 is 0 Å². The fourth-order valence-corrected chi connectivity index (χ4v) is 3.03. The lowest BCUT2D eigenvalue weighted by atomic mass is 10.2. The molecule has 0 bridgehead atoms. The number of anilines is 1. The third kappa shape index (κ3) is 5.28. The van der Waals surface area contributed by atoms with E-state index in [1.54, 1.807) is 31.4 Å². The molecule has 0 atom stereocenters. The van der Waals surface area contributed by atoms with E-state index in [0.29, 0.717) is 11.4 Å². The molecule has 0 aromatic heterocycles. The van der Waals surface area contributed by atoms with Gasteiger partial charge in [-0.15, -0.1) is 0 Å². The Hall–Kier alpha value is -2.91. The van der Waals surface area contributed by atoms with Crippen LogP contribution in [0.25, 0.3) is 0 Å². The Morgan fingerprint density at radius 3 is 2.11 bits per heavy atom. The molecule has 0 aliphatic rings. The second-order valence-electron chi connectivity index (χ2n) is 5.77. The summed E-state index contributed by atoms with van der Waals surface area (Å²) in [5.74, 6) is -0.199. The predicted octanol–water partition coefficient (Wildman–Crippen LogP) is 1.31. The van der Waals surface area contributed by atoms with Gasteiger partial charge in [0.2, 0.25) is 15.9 Å². The summed E-state index contributed by atoms with van der Waals surface area (Å²) in [6, 6.07) is 12.3. The van der Waals surface area contributed by atoms with Crippen LogP contribution in [0.1, 0.15) is 10.4 Å². The van der Waals surface area contributed by atoms with Gasteiger partial charge >= 0.3 is 0 Å². The minimum atomic E-state index is -3.56. The molecule has 0 aliphatic heterocycles. The van der Waals surface area contributed by atoms with Gasteiger partial charge in [0.05, 0.1) is 18.6 Å². The van der Waals surface area contributed by atoms with Crippen LogP contribution < -0.4 is 15.4 Å². The maximum Gasteiger partial charge on any atom is 0.251 e. The molecule has 0 radical (unpaired) electrons. The summed E-state index contributed by atoms with van der Waals surface area (Å²) in [5.41, 5.74) is 0.832. The van der Waals surface area contributed by atoms with Crippen molar-refractivity contribution >= 4 is 27.5 Å². The molecular formula is C18H21N3O5S. The zero-order valence-corrected chi connectivity index (χ0v) is 16.0. The summed E-state index contributed by atoms with van der Waals surface area (Å²) in [7, 11) is 0.847. The van der Waals surface area contributed by atoms with Crippen LogP contribution in [0.15, 0.2) is 53.4 Å². The van der Waals surface area contributed by atoms with Crippen LogP contribution in [0.2, 0.25) is 0 Å². The highest BCUT2D eigenvalue weighted by molar-refractivity contribution is 7.89. The molecule has 144 valence electrons. The number of hydrogen-bond acceptors (Lipinski definition) is 5. The second-order valence-corrected chi connectivity index (χ2v) is 7.92. The Labute approximate surface area is 158 Å². The standard InChI is InChI=1S/C18H21N3O5S/c1-21(2)27(24,25)16-10-4-13(5-11-16)18(23)19-12-17(22)20-14-6-8-15(26-3)9-7-14/h4-11H,12H2,1-3H3,(H,19,23)(H,20,22). The molecule has 2 aromatic rings. The van der Waals surface area contributed by atoms with Crippen LogP contribution in [-0.4, -0.2) is 52.3 Å². The molecule has 2 N–H and O–H groups in total. The lowest BCUT2D eigenvalue weighted by Crippen LogP contribution is -2.32. The highest BCUT2D eigenvalue weighted by Crippen LogP contribution is 2.15. The number of nitrogens with one attached hydrogen (secondary N) is 2. The van der Waals surface area contributed by atoms with Gasteiger partial charge in [-0.1, -0.05) is 0 Å². The van der Waals surface area contributed by atoms with Crippen LogP contribution in [0.4, 0.5) is 5.69 Å². The average molecular weight is 391 g/mol. The highest BCUT2D eigenvalue weighted by atomic mass is 32.2. The van der Waals surface area contributed by atoms with Crippen LogP contribution in [-0.2, 0) is 14.8 Å². The van der Waals surface area contributed by atoms with Crippen molar-refractivity contribution < 1.29 is 22.7 Å². The summed E-state index contributed by atoms with van der Waals surface area (Å²) in [6.07, 6.45) is 0. The zero-order chi connectivity index (χ0) is 20.0. The molecule has 0 fully saturated rings. The van der Waals surface area contributed by atoms with Gasteiger partial charge in [-0.05, 0) is 48.5 Å². The molecule has 8 nitrogen and oxygen atoms in total. The summed E-state index contributed by atoms with van der Waals surface area (Å²) in [4.78, 5) is 24.1. The molecule has 0 aliphatic carbocycles. The first-order chi connectivity index (χ1) is 12.7. The van der Waals surface area contributed by atoms with Gasteiger partial charge in [-0.25, -0.2) is 12.7 Å². The average Bonchev–Trinajstić information content (AvgIpc) is 2.66. The lowest BCUT2D eigenvalue weighted by molar-refractivity contribution is -0.115. The number of methoxy groups -OCH3 is 1. The van der Waals surface area contributed by atoms with Crippen LogP contribution in [0.3, 0.4) is 0 Å². The summed E-state index contributed by atoms with van der Waals surface area (Å²) in [6.45, 7) is -0.220. The molecule has 2 rings (SSSR count). The third-order valence-corrected chi connectivity index (χ3v) is 5.51. The normalized spacial score (nSPS) is 11.1. The van der Waals surface area contributed by atoms with Crippen molar-refractivity contribution in [3.05, 3.63) is 54.1 Å². The number of hydrogen-bond donors (Lipinski definition) is 2. The van der Waals surface area contributed by atoms with Crippen LogP contribution >= 0.6 is 0 Å². The van der Waals surface area contributed by atoms with Crippen LogP contribution in [0.5, 0.6) is 5.75 Å². The van der Waals surface area contributed by atoms with Gasteiger partial charge < -0.3 is 15.4 Å². The Morgan fingerprint density at radius 1 is 1.00 bits per heavy atom. The minimum absolute atomic E-state index is 0.0845. The Kier molecular flexibility index (Phi) is 6.54. The summed E-state index contributed by atoms with van der Waals surface area (Å²) < 4.78 is 30.1. The Morgan fingerprint density at radius 2 is 1.59 bits per heavy atom. The fraction of sp³-hybridized carbons (Fsp3) is 0.222. The molecular weight excluding hydrogens is 370 g/mol. The van der Waals surface area contributed by atoms with E-state index in [4.69, 9.17) is 4.74 Å². The molecule has 27 heavy (non-hydrogen) atoms. The number of benzene rings is 2.